The number of hydrogen-bond donors (Lipinski definition) is 2. The van der Waals surface area contributed by atoms with Crippen LogP contribution in [0, 0.1) is 11.3 Å². The Bertz CT molecular complexity index is 1960. The maximum atomic E-state index is 13.1. The summed E-state index contributed by atoms with van der Waals surface area (Å²) in [6.07, 6.45) is 7.74. The number of aromatic nitrogens is 4. The van der Waals surface area contributed by atoms with Gasteiger partial charge in [-0.15, -0.1) is 0 Å². The van der Waals surface area contributed by atoms with Crippen molar-refractivity contribution in [1.29, 1.82) is 5.26 Å². The van der Waals surface area contributed by atoms with Crippen molar-refractivity contribution in [1.82, 2.24) is 24.6 Å². The number of aryl methyl sites for hydroxylation is 1. The number of ether oxygens (including phenoxy) is 2. The Morgan fingerprint density at radius 3 is 2.85 bits per heavy atom. The summed E-state index contributed by atoms with van der Waals surface area (Å²) in [6, 6.07) is 18.0. The van der Waals surface area contributed by atoms with E-state index in [0.29, 0.717) is 84.7 Å². The zero-order valence-electron chi connectivity index (χ0n) is 26.9. The topological polar surface area (TPSA) is 130 Å². The van der Waals surface area contributed by atoms with Crippen molar-refractivity contribution in [3.05, 3.63) is 90.0 Å². The number of hydrogen-bond acceptors (Lipinski definition) is 9. The number of carbonyl (C=O) groups excluding carboxylic acids is 1. The first-order valence-electron chi connectivity index (χ1n) is 15.9. The van der Waals surface area contributed by atoms with Crippen molar-refractivity contribution in [2.75, 3.05) is 43.5 Å². The first-order chi connectivity index (χ1) is 22.9. The van der Waals surface area contributed by atoms with Crippen LogP contribution in [0.5, 0.6) is 5.75 Å². The van der Waals surface area contributed by atoms with Gasteiger partial charge in [0.25, 0.3) is 0 Å². The van der Waals surface area contributed by atoms with Crippen LogP contribution >= 0.6 is 0 Å². The van der Waals surface area contributed by atoms with E-state index >= 15 is 0 Å². The van der Waals surface area contributed by atoms with Gasteiger partial charge in [0.05, 0.1) is 65.7 Å². The zero-order chi connectivity index (χ0) is 32.8. The number of carbonyl (C=O) groups is 1. The normalized spacial score (nSPS) is 15.2. The van der Waals surface area contributed by atoms with Gasteiger partial charge in [0.15, 0.2) is 0 Å². The molecule has 0 radical (unpaired) electrons. The SMILES string of the molecule is CCOc1cc2nc(CC)c(C#N)c(Nc3ccc4nn(Cc5ccccn5)cc4c3)c2cc1NC(=O)/C=C/CN1CCOC[C@@H]1C. The number of pyridine rings is 2. The first-order valence-corrected chi connectivity index (χ1v) is 15.9. The van der Waals surface area contributed by atoms with Crippen LogP contribution in [0.15, 0.2) is 73.1 Å². The summed E-state index contributed by atoms with van der Waals surface area (Å²) >= 11 is 0. The summed E-state index contributed by atoms with van der Waals surface area (Å²) in [4.78, 5) is 24.6. The van der Waals surface area contributed by atoms with E-state index in [1.807, 2.05) is 79.3 Å². The first kappa shape index (κ1) is 31.7. The molecule has 5 aromatic rings. The van der Waals surface area contributed by atoms with E-state index < -0.39 is 0 Å². The summed E-state index contributed by atoms with van der Waals surface area (Å²) in [5.74, 6) is 0.239. The summed E-state index contributed by atoms with van der Waals surface area (Å²) in [5, 5.41) is 23.1. The lowest BCUT2D eigenvalue weighted by Gasteiger charge is -2.32. The number of amides is 1. The summed E-state index contributed by atoms with van der Waals surface area (Å²) in [7, 11) is 0. The molecule has 0 bridgehead atoms. The van der Waals surface area contributed by atoms with Crippen molar-refractivity contribution in [3.8, 4) is 11.8 Å². The molecule has 4 heterocycles. The Morgan fingerprint density at radius 2 is 2.09 bits per heavy atom. The highest BCUT2D eigenvalue weighted by Crippen LogP contribution is 2.38. The van der Waals surface area contributed by atoms with Gasteiger partial charge >= 0.3 is 0 Å². The smallest absolute Gasteiger partial charge is 0.248 e. The van der Waals surface area contributed by atoms with Crippen molar-refractivity contribution < 1.29 is 14.3 Å². The molecular formula is C36H38N8O3. The molecule has 0 unspecified atom stereocenters. The third-order valence-corrected chi connectivity index (χ3v) is 8.15. The van der Waals surface area contributed by atoms with Crippen molar-refractivity contribution in [3.63, 3.8) is 0 Å². The van der Waals surface area contributed by atoms with Crippen LogP contribution in [0.4, 0.5) is 17.1 Å². The van der Waals surface area contributed by atoms with Gasteiger partial charge in [-0.2, -0.15) is 10.4 Å². The number of benzene rings is 2. The van der Waals surface area contributed by atoms with Crippen molar-refractivity contribution in [2.24, 2.45) is 0 Å². The van der Waals surface area contributed by atoms with Crippen LogP contribution < -0.4 is 15.4 Å². The van der Waals surface area contributed by atoms with E-state index in [9.17, 15) is 10.1 Å². The number of rotatable bonds is 11. The lowest BCUT2D eigenvalue weighted by molar-refractivity contribution is -0.111. The Balaban J connectivity index is 1.32. The van der Waals surface area contributed by atoms with Crippen molar-refractivity contribution >= 4 is 44.8 Å². The number of nitrogens with zero attached hydrogens (tertiary/aromatic N) is 6. The van der Waals surface area contributed by atoms with E-state index in [1.165, 1.54) is 0 Å². The predicted octanol–water partition coefficient (Wildman–Crippen LogP) is 5.82. The molecule has 1 aliphatic rings. The maximum Gasteiger partial charge on any atom is 0.248 e. The van der Waals surface area contributed by atoms with E-state index in [0.717, 1.165) is 28.8 Å². The molecule has 1 amide bonds. The monoisotopic (exact) mass is 630 g/mol. The number of nitriles is 1. The van der Waals surface area contributed by atoms with E-state index in [4.69, 9.17) is 19.6 Å². The quantitative estimate of drug-likeness (QED) is 0.173. The van der Waals surface area contributed by atoms with Gasteiger partial charge in [-0.3, -0.25) is 24.3 Å². The fraction of sp³-hybridized carbons (Fsp3) is 0.306. The third-order valence-electron chi connectivity index (χ3n) is 8.15. The van der Waals surface area contributed by atoms with Crippen LogP contribution in [0.25, 0.3) is 21.8 Å². The standard InChI is InChI=1S/C36H38N8O3/c1-4-30-29(20-37)36(39-26-11-12-31-25(17-26)21-44(42-31)22-27-9-6-7-13-38-27)28-18-33(34(47-5-2)19-32(28)40-30)41-35(45)10-8-14-43-15-16-46-23-24(43)3/h6-13,17-19,21,24H,4-5,14-16,22-23H2,1-3H3,(H,39,40)(H,41,45)/b10-8+/t24-/m0/s1. The minimum atomic E-state index is -0.271. The lowest BCUT2D eigenvalue weighted by atomic mass is 10.0. The lowest BCUT2D eigenvalue weighted by Crippen LogP contribution is -2.43. The molecule has 2 N–H and O–H groups in total. The second-order valence-electron chi connectivity index (χ2n) is 11.4. The molecule has 47 heavy (non-hydrogen) atoms. The molecule has 1 atom stereocenters. The average Bonchev–Trinajstić information content (AvgIpc) is 3.48. The Morgan fingerprint density at radius 1 is 1.19 bits per heavy atom. The number of anilines is 3. The van der Waals surface area contributed by atoms with Crippen LogP contribution in [-0.2, 0) is 22.5 Å². The van der Waals surface area contributed by atoms with E-state index in [1.54, 1.807) is 12.3 Å². The minimum absolute atomic E-state index is 0.271. The Kier molecular flexibility index (Phi) is 9.71. The third kappa shape index (κ3) is 7.25. The average molecular weight is 631 g/mol. The van der Waals surface area contributed by atoms with Crippen LogP contribution in [0.2, 0.25) is 0 Å². The van der Waals surface area contributed by atoms with Gasteiger partial charge in [0, 0.05) is 60.1 Å². The Hall–Kier alpha value is -5.31. The number of nitrogens with one attached hydrogen (secondary N) is 2. The highest BCUT2D eigenvalue weighted by molar-refractivity contribution is 6.05. The second-order valence-corrected chi connectivity index (χ2v) is 11.4. The fourth-order valence-electron chi connectivity index (χ4n) is 5.76. The highest BCUT2D eigenvalue weighted by Gasteiger charge is 2.20. The van der Waals surface area contributed by atoms with Gasteiger partial charge in [-0.1, -0.05) is 19.1 Å². The van der Waals surface area contributed by atoms with Crippen molar-refractivity contribution in [2.45, 2.75) is 39.8 Å². The van der Waals surface area contributed by atoms with Gasteiger partial charge in [-0.25, -0.2) is 0 Å². The summed E-state index contributed by atoms with van der Waals surface area (Å²) in [5.41, 5.74) is 5.46. The largest absolute Gasteiger partial charge is 0.492 e. The molecule has 3 aromatic heterocycles. The van der Waals surface area contributed by atoms with Gasteiger partial charge in [-0.05, 0) is 56.7 Å². The van der Waals surface area contributed by atoms with Crippen LogP contribution in [0.3, 0.4) is 0 Å². The number of morpholine rings is 1. The van der Waals surface area contributed by atoms with E-state index in [2.05, 4.69) is 33.5 Å². The van der Waals surface area contributed by atoms with Crippen LogP contribution in [0.1, 0.15) is 37.7 Å². The molecule has 0 aliphatic carbocycles. The Labute approximate surface area is 273 Å². The molecule has 11 heteroatoms. The molecular weight excluding hydrogens is 592 g/mol. The molecule has 1 saturated heterocycles. The molecule has 0 spiro atoms. The molecule has 1 aliphatic heterocycles. The predicted molar refractivity (Wildman–Crippen MR) is 183 cm³/mol. The molecule has 0 saturated carbocycles. The van der Waals surface area contributed by atoms with Gasteiger partial charge in [0.1, 0.15) is 11.8 Å². The van der Waals surface area contributed by atoms with Gasteiger partial charge < -0.3 is 20.1 Å². The van der Waals surface area contributed by atoms with Gasteiger partial charge in [0.2, 0.25) is 5.91 Å². The maximum absolute atomic E-state index is 13.1. The summed E-state index contributed by atoms with van der Waals surface area (Å²) < 4.78 is 13.3. The number of fused-ring (bicyclic) bond motifs is 2. The zero-order valence-corrected chi connectivity index (χ0v) is 26.9. The minimum Gasteiger partial charge on any atom is -0.492 e. The highest BCUT2D eigenvalue weighted by atomic mass is 16.5. The summed E-state index contributed by atoms with van der Waals surface area (Å²) in [6.45, 7) is 9.82. The molecule has 6 rings (SSSR count). The molecule has 2 aromatic carbocycles. The molecule has 11 nitrogen and oxygen atoms in total. The second kappa shape index (κ2) is 14.4. The molecule has 240 valence electrons. The van der Waals surface area contributed by atoms with E-state index in [-0.39, 0.29) is 5.91 Å². The molecule has 1 fully saturated rings. The van der Waals surface area contributed by atoms with Crippen LogP contribution in [-0.4, -0.2) is 69.5 Å². The fourth-order valence-corrected chi connectivity index (χ4v) is 5.76.